The Bertz CT molecular complexity index is 599. The summed E-state index contributed by atoms with van der Waals surface area (Å²) in [5.41, 5.74) is 2.40. The van der Waals surface area contributed by atoms with Gasteiger partial charge in [-0.05, 0) is 46.6 Å². The molecule has 92 valence electrons. The lowest BCUT2D eigenvalue weighted by atomic mass is 10.1. The number of carbonyl (C=O) groups is 1. The fraction of sp³-hybridized carbons (Fsp3) is 0.0769. The SMILES string of the molecule is Cc1ccc(C(=O)Nc2ccncc2Br)cc1Br. The Morgan fingerprint density at radius 2 is 2.00 bits per heavy atom. The van der Waals surface area contributed by atoms with Crippen LogP contribution in [0.3, 0.4) is 0 Å². The molecule has 1 amide bonds. The van der Waals surface area contributed by atoms with Gasteiger partial charge >= 0.3 is 0 Å². The zero-order chi connectivity index (χ0) is 13.1. The molecular weight excluding hydrogens is 360 g/mol. The summed E-state index contributed by atoms with van der Waals surface area (Å²) in [5, 5.41) is 2.83. The molecule has 0 saturated carbocycles. The smallest absolute Gasteiger partial charge is 0.255 e. The van der Waals surface area contributed by atoms with Crippen molar-refractivity contribution in [3.05, 3.63) is 56.7 Å². The highest BCUT2D eigenvalue weighted by Gasteiger charge is 2.09. The zero-order valence-corrected chi connectivity index (χ0v) is 12.7. The Hall–Kier alpha value is -1.20. The van der Waals surface area contributed by atoms with E-state index >= 15 is 0 Å². The Morgan fingerprint density at radius 1 is 1.22 bits per heavy atom. The maximum atomic E-state index is 12.1. The van der Waals surface area contributed by atoms with Gasteiger partial charge in [0.05, 0.1) is 10.2 Å². The summed E-state index contributed by atoms with van der Waals surface area (Å²) in [7, 11) is 0. The molecule has 0 aliphatic heterocycles. The van der Waals surface area contributed by atoms with Crippen molar-refractivity contribution in [1.82, 2.24) is 4.98 Å². The molecule has 1 N–H and O–H groups in total. The van der Waals surface area contributed by atoms with E-state index < -0.39 is 0 Å². The number of aryl methyl sites for hydroxylation is 1. The number of amides is 1. The lowest BCUT2D eigenvalue weighted by molar-refractivity contribution is 0.102. The van der Waals surface area contributed by atoms with Crippen LogP contribution in [0.2, 0.25) is 0 Å². The van der Waals surface area contributed by atoms with Crippen LogP contribution in [0.1, 0.15) is 15.9 Å². The molecule has 0 spiro atoms. The van der Waals surface area contributed by atoms with Crippen molar-refractivity contribution in [3.63, 3.8) is 0 Å². The van der Waals surface area contributed by atoms with Crippen LogP contribution in [-0.4, -0.2) is 10.9 Å². The van der Waals surface area contributed by atoms with E-state index in [1.54, 1.807) is 30.6 Å². The number of rotatable bonds is 2. The quantitative estimate of drug-likeness (QED) is 0.863. The highest BCUT2D eigenvalue weighted by atomic mass is 79.9. The van der Waals surface area contributed by atoms with Gasteiger partial charge in [-0.1, -0.05) is 22.0 Å². The molecule has 2 aromatic rings. The lowest BCUT2D eigenvalue weighted by Gasteiger charge is -2.07. The molecule has 18 heavy (non-hydrogen) atoms. The third kappa shape index (κ3) is 2.97. The first-order valence-electron chi connectivity index (χ1n) is 5.25. The summed E-state index contributed by atoms with van der Waals surface area (Å²) in [4.78, 5) is 16.0. The van der Waals surface area contributed by atoms with Gasteiger partial charge in [0.2, 0.25) is 0 Å². The second kappa shape index (κ2) is 5.63. The number of nitrogens with zero attached hydrogens (tertiary/aromatic N) is 1. The molecule has 2 rings (SSSR count). The van der Waals surface area contributed by atoms with Crippen LogP contribution in [0.4, 0.5) is 5.69 Å². The highest BCUT2D eigenvalue weighted by molar-refractivity contribution is 9.10. The monoisotopic (exact) mass is 368 g/mol. The number of benzene rings is 1. The Labute approximate surface area is 122 Å². The number of anilines is 1. The third-order valence-electron chi connectivity index (χ3n) is 2.45. The van der Waals surface area contributed by atoms with Crippen molar-refractivity contribution in [2.24, 2.45) is 0 Å². The van der Waals surface area contributed by atoms with Gasteiger partial charge < -0.3 is 5.32 Å². The van der Waals surface area contributed by atoms with E-state index in [1.165, 1.54) is 0 Å². The fourth-order valence-corrected chi connectivity index (χ4v) is 2.13. The minimum Gasteiger partial charge on any atom is -0.321 e. The molecule has 0 bridgehead atoms. The number of nitrogens with one attached hydrogen (secondary N) is 1. The van der Waals surface area contributed by atoms with Crippen LogP contribution in [-0.2, 0) is 0 Å². The Balaban J connectivity index is 2.22. The number of carbonyl (C=O) groups excluding carboxylic acids is 1. The van der Waals surface area contributed by atoms with Crippen LogP contribution >= 0.6 is 31.9 Å². The predicted molar refractivity (Wildman–Crippen MR) is 78.8 cm³/mol. The van der Waals surface area contributed by atoms with Gasteiger partial charge in [-0.3, -0.25) is 9.78 Å². The van der Waals surface area contributed by atoms with Crippen molar-refractivity contribution >= 4 is 43.5 Å². The normalized spacial score (nSPS) is 10.2. The fourth-order valence-electron chi connectivity index (χ4n) is 1.41. The maximum Gasteiger partial charge on any atom is 0.255 e. The van der Waals surface area contributed by atoms with Gasteiger partial charge in [0, 0.05) is 22.4 Å². The second-order valence-corrected chi connectivity index (χ2v) is 5.48. The van der Waals surface area contributed by atoms with Crippen LogP contribution in [0.25, 0.3) is 0 Å². The average molecular weight is 370 g/mol. The van der Waals surface area contributed by atoms with Crippen molar-refractivity contribution in [3.8, 4) is 0 Å². The molecular formula is C13H10Br2N2O. The van der Waals surface area contributed by atoms with E-state index in [4.69, 9.17) is 0 Å². The van der Waals surface area contributed by atoms with Gasteiger partial charge in [-0.15, -0.1) is 0 Å². The summed E-state index contributed by atoms with van der Waals surface area (Å²) in [6, 6.07) is 7.25. The number of pyridine rings is 1. The summed E-state index contributed by atoms with van der Waals surface area (Å²) in [6.07, 6.45) is 3.27. The summed E-state index contributed by atoms with van der Waals surface area (Å²) in [6.45, 7) is 1.98. The van der Waals surface area contributed by atoms with E-state index in [9.17, 15) is 4.79 Å². The van der Waals surface area contributed by atoms with E-state index in [0.717, 1.165) is 14.5 Å². The first kappa shape index (κ1) is 13.2. The third-order valence-corrected chi connectivity index (χ3v) is 3.94. The number of hydrogen-bond donors (Lipinski definition) is 1. The largest absolute Gasteiger partial charge is 0.321 e. The van der Waals surface area contributed by atoms with Crippen LogP contribution < -0.4 is 5.32 Å². The van der Waals surface area contributed by atoms with Gasteiger partial charge in [0.25, 0.3) is 5.91 Å². The molecule has 1 aromatic carbocycles. The van der Waals surface area contributed by atoms with Crippen molar-refractivity contribution in [2.45, 2.75) is 6.92 Å². The standard InChI is InChI=1S/C13H10Br2N2O/c1-8-2-3-9(6-10(8)14)13(18)17-12-4-5-16-7-11(12)15/h2-7H,1H3,(H,16,17,18). The van der Waals surface area contributed by atoms with Crippen LogP contribution in [0, 0.1) is 6.92 Å². The molecule has 0 atom stereocenters. The number of hydrogen-bond acceptors (Lipinski definition) is 2. The first-order chi connectivity index (χ1) is 8.58. The van der Waals surface area contributed by atoms with Gasteiger partial charge in [0.1, 0.15) is 0 Å². The minimum atomic E-state index is -0.150. The first-order valence-corrected chi connectivity index (χ1v) is 6.83. The van der Waals surface area contributed by atoms with Crippen LogP contribution in [0.5, 0.6) is 0 Å². The molecule has 1 aromatic heterocycles. The molecule has 5 heteroatoms. The molecule has 0 radical (unpaired) electrons. The molecule has 0 aliphatic carbocycles. The topological polar surface area (TPSA) is 42.0 Å². The lowest BCUT2D eigenvalue weighted by Crippen LogP contribution is -2.12. The molecule has 1 heterocycles. The maximum absolute atomic E-state index is 12.1. The Kier molecular flexibility index (Phi) is 4.14. The minimum absolute atomic E-state index is 0.150. The summed E-state index contributed by atoms with van der Waals surface area (Å²) >= 11 is 6.75. The average Bonchev–Trinajstić information content (AvgIpc) is 2.35. The zero-order valence-electron chi connectivity index (χ0n) is 9.58. The van der Waals surface area contributed by atoms with Crippen molar-refractivity contribution in [2.75, 3.05) is 5.32 Å². The molecule has 0 saturated heterocycles. The van der Waals surface area contributed by atoms with Crippen molar-refractivity contribution in [1.29, 1.82) is 0 Å². The molecule has 3 nitrogen and oxygen atoms in total. The summed E-state index contributed by atoms with van der Waals surface area (Å²) in [5.74, 6) is -0.150. The number of halogens is 2. The van der Waals surface area contributed by atoms with Crippen LogP contribution in [0.15, 0.2) is 45.6 Å². The molecule has 0 fully saturated rings. The highest BCUT2D eigenvalue weighted by Crippen LogP contribution is 2.22. The second-order valence-electron chi connectivity index (χ2n) is 3.77. The van der Waals surface area contributed by atoms with E-state index in [2.05, 4.69) is 42.2 Å². The predicted octanol–water partition coefficient (Wildman–Crippen LogP) is 4.17. The summed E-state index contributed by atoms with van der Waals surface area (Å²) < 4.78 is 1.67. The Morgan fingerprint density at radius 3 is 2.67 bits per heavy atom. The van der Waals surface area contributed by atoms with Gasteiger partial charge in [0.15, 0.2) is 0 Å². The number of aromatic nitrogens is 1. The van der Waals surface area contributed by atoms with Crippen molar-refractivity contribution < 1.29 is 4.79 Å². The van der Waals surface area contributed by atoms with Gasteiger partial charge in [-0.2, -0.15) is 0 Å². The molecule has 0 aliphatic rings. The van der Waals surface area contributed by atoms with E-state index in [1.807, 2.05) is 13.0 Å². The van der Waals surface area contributed by atoms with Gasteiger partial charge in [-0.25, -0.2) is 0 Å². The van der Waals surface area contributed by atoms with E-state index in [-0.39, 0.29) is 5.91 Å². The molecule has 0 unspecified atom stereocenters. The van der Waals surface area contributed by atoms with E-state index in [0.29, 0.717) is 11.3 Å².